The number of carbonyl (C=O) groups is 1. The van der Waals surface area contributed by atoms with Crippen LogP contribution in [0.2, 0.25) is 0 Å². The van der Waals surface area contributed by atoms with Crippen LogP contribution < -0.4 is 11.1 Å². The maximum atomic E-state index is 12.5. The molecule has 27 heavy (non-hydrogen) atoms. The first kappa shape index (κ1) is 21.0. The lowest BCUT2D eigenvalue weighted by Gasteiger charge is -2.28. The second-order valence-corrected chi connectivity index (χ2v) is 9.33. The van der Waals surface area contributed by atoms with Gasteiger partial charge in [0, 0.05) is 17.7 Å². The standard InChI is InChI=1S/C24H34N2O/c1-8-11-21(27)17-12-9-10-13-19(17)26-20-15-16(23(2,3)4)14-18(22(20)25)24(5,6)7/h9-10,12-15,26H,8,11,25H2,1-7H3. The zero-order chi connectivity index (χ0) is 20.4. The average molecular weight is 367 g/mol. The van der Waals surface area contributed by atoms with Gasteiger partial charge < -0.3 is 11.1 Å². The van der Waals surface area contributed by atoms with E-state index in [-0.39, 0.29) is 16.6 Å². The third kappa shape index (κ3) is 4.91. The van der Waals surface area contributed by atoms with Crippen LogP contribution in [0.3, 0.4) is 0 Å². The van der Waals surface area contributed by atoms with Crippen molar-refractivity contribution in [2.45, 2.75) is 72.1 Å². The highest BCUT2D eigenvalue weighted by atomic mass is 16.1. The molecule has 0 bridgehead atoms. The lowest BCUT2D eigenvalue weighted by molar-refractivity contribution is 0.0982. The molecule has 3 N–H and O–H groups in total. The fourth-order valence-electron chi connectivity index (χ4n) is 3.15. The molecule has 0 saturated carbocycles. The van der Waals surface area contributed by atoms with E-state index in [9.17, 15) is 4.79 Å². The molecule has 0 amide bonds. The Morgan fingerprint density at radius 3 is 2.15 bits per heavy atom. The molecule has 0 unspecified atom stereocenters. The Labute approximate surface area is 164 Å². The van der Waals surface area contributed by atoms with Crippen molar-refractivity contribution < 1.29 is 4.79 Å². The summed E-state index contributed by atoms with van der Waals surface area (Å²) in [5.41, 5.74) is 12.0. The lowest BCUT2D eigenvalue weighted by Crippen LogP contribution is -2.19. The van der Waals surface area contributed by atoms with Gasteiger partial charge in [-0.05, 0) is 46.6 Å². The van der Waals surface area contributed by atoms with Gasteiger partial charge in [0.05, 0.1) is 11.4 Å². The van der Waals surface area contributed by atoms with E-state index in [2.05, 4.69) is 59.0 Å². The molecule has 0 aromatic heterocycles. The third-order valence-electron chi connectivity index (χ3n) is 4.83. The van der Waals surface area contributed by atoms with Gasteiger partial charge in [-0.15, -0.1) is 0 Å². The van der Waals surface area contributed by atoms with Gasteiger partial charge >= 0.3 is 0 Å². The average Bonchev–Trinajstić information content (AvgIpc) is 2.55. The maximum Gasteiger partial charge on any atom is 0.164 e. The zero-order valence-electron chi connectivity index (χ0n) is 17.9. The molecule has 2 aromatic rings. The SMILES string of the molecule is CCCC(=O)c1ccccc1Nc1cc(C(C)(C)C)cc(C(C)(C)C)c1N. The molecule has 0 atom stereocenters. The minimum absolute atomic E-state index is 0.00166. The topological polar surface area (TPSA) is 55.1 Å². The molecule has 3 heteroatoms. The zero-order valence-corrected chi connectivity index (χ0v) is 17.9. The first-order chi connectivity index (χ1) is 12.4. The van der Waals surface area contributed by atoms with Gasteiger partial charge in [0.1, 0.15) is 0 Å². The molecule has 0 heterocycles. The number of hydrogen-bond donors (Lipinski definition) is 2. The van der Waals surface area contributed by atoms with Crippen LogP contribution in [0.25, 0.3) is 0 Å². The number of rotatable bonds is 5. The number of nitrogen functional groups attached to an aromatic ring is 1. The van der Waals surface area contributed by atoms with Gasteiger partial charge in [0.25, 0.3) is 0 Å². The number of anilines is 3. The summed E-state index contributed by atoms with van der Waals surface area (Å²) in [7, 11) is 0. The number of Topliss-reactive ketones (excluding diaryl/α,β-unsaturated/α-hetero) is 1. The number of benzene rings is 2. The van der Waals surface area contributed by atoms with Crippen molar-refractivity contribution in [2.75, 3.05) is 11.1 Å². The molecular formula is C24H34N2O. The Morgan fingerprint density at radius 1 is 0.963 bits per heavy atom. The molecule has 0 saturated heterocycles. The fourth-order valence-corrected chi connectivity index (χ4v) is 3.15. The van der Waals surface area contributed by atoms with E-state index in [0.717, 1.165) is 34.6 Å². The highest BCUT2D eigenvalue weighted by Gasteiger charge is 2.24. The minimum Gasteiger partial charge on any atom is -0.397 e. The van der Waals surface area contributed by atoms with Crippen LogP contribution in [0.5, 0.6) is 0 Å². The van der Waals surface area contributed by atoms with Gasteiger partial charge in [-0.1, -0.05) is 66.7 Å². The second-order valence-electron chi connectivity index (χ2n) is 9.33. The van der Waals surface area contributed by atoms with Gasteiger partial charge in [-0.2, -0.15) is 0 Å². The van der Waals surface area contributed by atoms with E-state index in [1.165, 1.54) is 5.56 Å². The van der Waals surface area contributed by atoms with Crippen LogP contribution in [-0.2, 0) is 10.8 Å². The normalized spacial score (nSPS) is 12.1. The smallest absolute Gasteiger partial charge is 0.164 e. The first-order valence-corrected chi connectivity index (χ1v) is 9.79. The number of nitrogens with two attached hydrogens (primary N) is 1. The second kappa shape index (κ2) is 7.75. The predicted octanol–water partition coefficient (Wildman–Crippen LogP) is 6.59. The molecule has 0 radical (unpaired) electrons. The number of carbonyl (C=O) groups excluding carboxylic acids is 1. The van der Waals surface area contributed by atoms with Crippen molar-refractivity contribution in [3.63, 3.8) is 0 Å². The molecule has 0 aliphatic carbocycles. The molecule has 0 fully saturated rings. The largest absolute Gasteiger partial charge is 0.397 e. The van der Waals surface area contributed by atoms with Gasteiger partial charge in [0.15, 0.2) is 5.78 Å². The van der Waals surface area contributed by atoms with Crippen molar-refractivity contribution in [1.29, 1.82) is 0 Å². The number of ketones is 1. The number of hydrogen-bond acceptors (Lipinski definition) is 3. The quantitative estimate of drug-likeness (QED) is 0.463. The molecule has 2 aromatic carbocycles. The minimum atomic E-state index is -0.0701. The molecule has 0 spiro atoms. The summed E-state index contributed by atoms with van der Waals surface area (Å²) in [4.78, 5) is 12.5. The van der Waals surface area contributed by atoms with E-state index in [0.29, 0.717) is 6.42 Å². The van der Waals surface area contributed by atoms with Crippen LogP contribution in [0, 0.1) is 0 Å². The monoisotopic (exact) mass is 366 g/mol. The summed E-state index contributed by atoms with van der Waals surface area (Å²) in [6, 6.07) is 12.0. The molecular weight excluding hydrogens is 332 g/mol. The fraction of sp³-hybridized carbons (Fsp3) is 0.458. The van der Waals surface area contributed by atoms with E-state index < -0.39 is 0 Å². The third-order valence-corrected chi connectivity index (χ3v) is 4.83. The molecule has 2 rings (SSSR count). The van der Waals surface area contributed by atoms with Gasteiger partial charge in [0.2, 0.25) is 0 Å². The molecule has 3 nitrogen and oxygen atoms in total. The Hall–Kier alpha value is -2.29. The summed E-state index contributed by atoms with van der Waals surface area (Å²) < 4.78 is 0. The summed E-state index contributed by atoms with van der Waals surface area (Å²) in [6.07, 6.45) is 1.38. The van der Waals surface area contributed by atoms with Crippen molar-refractivity contribution in [1.82, 2.24) is 0 Å². The van der Waals surface area contributed by atoms with Crippen LogP contribution in [0.1, 0.15) is 82.8 Å². The number of para-hydroxylation sites is 1. The summed E-state index contributed by atoms with van der Waals surface area (Å²) >= 11 is 0. The van der Waals surface area contributed by atoms with E-state index in [4.69, 9.17) is 5.73 Å². The van der Waals surface area contributed by atoms with Crippen molar-refractivity contribution >= 4 is 22.8 Å². The van der Waals surface area contributed by atoms with Crippen molar-refractivity contribution in [3.8, 4) is 0 Å². The van der Waals surface area contributed by atoms with Gasteiger partial charge in [-0.3, -0.25) is 4.79 Å². The lowest BCUT2D eigenvalue weighted by atomic mass is 9.79. The van der Waals surface area contributed by atoms with E-state index >= 15 is 0 Å². The number of nitrogens with one attached hydrogen (secondary N) is 1. The highest BCUT2D eigenvalue weighted by Crippen LogP contribution is 2.39. The summed E-state index contributed by atoms with van der Waals surface area (Å²) in [6.45, 7) is 15.2. The van der Waals surface area contributed by atoms with Crippen molar-refractivity contribution in [3.05, 3.63) is 53.1 Å². The Kier molecular flexibility index (Phi) is 6.04. The van der Waals surface area contributed by atoms with Crippen LogP contribution in [0.4, 0.5) is 17.1 Å². The molecule has 0 aliphatic heterocycles. The van der Waals surface area contributed by atoms with Crippen LogP contribution >= 0.6 is 0 Å². The van der Waals surface area contributed by atoms with E-state index in [1.54, 1.807) is 0 Å². The van der Waals surface area contributed by atoms with Crippen LogP contribution in [0.15, 0.2) is 36.4 Å². The van der Waals surface area contributed by atoms with Crippen molar-refractivity contribution in [2.24, 2.45) is 0 Å². The Balaban J connectivity index is 2.59. The summed E-state index contributed by atoms with van der Waals surface area (Å²) in [5, 5.41) is 3.46. The maximum absolute atomic E-state index is 12.5. The Bertz CT molecular complexity index is 823. The first-order valence-electron chi connectivity index (χ1n) is 9.79. The van der Waals surface area contributed by atoms with E-state index in [1.807, 2.05) is 31.2 Å². The Morgan fingerprint density at radius 2 is 1.59 bits per heavy atom. The highest BCUT2D eigenvalue weighted by molar-refractivity contribution is 6.02. The van der Waals surface area contributed by atoms with Crippen LogP contribution in [-0.4, -0.2) is 5.78 Å². The molecule has 146 valence electrons. The predicted molar refractivity (Wildman–Crippen MR) is 117 cm³/mol. The van der Waals surface area contributed by atoms with Gasteiger partial charge in [-0.25, -0.2) is 0 Å². The molecule has 0 aliphatic rings. The summed E-state index contributed by atoms with van der Waals surface area (Å²) in [5.74, 6) is 0.155.